The van der Waals surface area contributed by atoms with Crippen LogP contribution >= 0.6 is 0 Å². The second-order valence-electron chi connectivity index (χ2n) is 2.77. The molecule has 0 saturated heterocycles. The quantitative estimate of drug-likeness (QED) is 0.703. The van der Waals surface area contributed by atoms with E-state index in [2.05, 4.69) is 0 Å². The van der Waals surface area contributed by atoms with Gasteiger partial charge in [-0.15, -0.1) is 0 Å². The van der Waals surface area contributed by atoms with E-state index in [0.717, 1.165) is 0 Å². The molecule has 15 heavy (non-hydrogen) atoms. The highest BCUT2D eigenvalue weighted by molar-refractivity contribution is 5.80. The molecule has 0 aliphatic heterocycles. The first-order chi connectivity index (χ1) is 7.24. The van der Waals surface area contributed by atoms with Gasteiger partial charge in [0.25, 0.3) is 0 Å². The van der Waals surface area contributed by atoms with Gasteiger partial charge in [-0.25, -0.2) is 4.39 Å². The van der Waals surface area contributed by atoms with Crippen LogP contribution in [-0.4, -0.2) is 19.5 Å². The number of aldehydes is 1. The van der Waals surface area contributed by atoms with Gasteiger partial charge in [0, 0.05) is 0 Å². The molecule has 1 aromatic carbocycles. The molecule has 1 aromatic rings. The number of hydrogen-bond donors (Lipinski definition) is 0. The lowest BCUT2D eigenvalue weighted by Gasteiger charge is -2.10. The fourth-order valence-electron chi connectivity index (χ4n) is 1.21. The summed E-state index contributed by atoms with van der Waals surface area (Å²) in [5.74, 6) is -0.352. The maximum absolute atomic E-state index is 13.6. The van der Waals surface area contributed by atoms with E-state index in [4.69, 9.17) is 9.47 Å². The number of carbonyl (C=O) groups excluding carboxylic acids is 1. The van der Waals surface area contributed by atoms with Crippen LogP contribution in [0.4, 0.5) is 4.39 Å². The Morgan fingerprint density at radius 2 is 1.73 bits per heavy atom. The maximum atomic E-state index is 13.6. The van der Waals surface area contributed by atoms with Crippen LogP contribution in [0, 0.1) is 5.82 Å². The van der Waals surface area contributed by atoms with Crippen molar-refractivity contribution in [1.82, 2.24) is 0 Å². The largest absolute Gasteiger partial charge is 0.493 e. The number of hydrogen-bond acceptors (Lipinski definition) is 3. The van der Waals surface area contributed by atoms with Gasteiger partial charge in [0.05, 0.1) is 18.8 Å². The first kappa shape index (κ1) is 11.5. The summed E-state index contributed by atoms with van der Waals surface area (Å²) in [6.45, 7) is 4.25. The van der Waals surface area contributed by atoms with Gasteiger partial charge < -0.3 is 9.47 Å². The van der Waals surface area contributed by atoms with Crippen molar-refractivity contribution in [1.29, 1.82) is 0 Å². The topological polar surface area (TPSA) is 35.5 Å². The third kappa shape index (κ3) is 2.46. The Hall–Kier alpha value is -1.58. The van der Waals surface area contributed by atoms with E-state index in [-0.39, 0.29) is 17.1 Å². The van der Waals surface area contributed by atoms with Gasteiger partial charge in [-0.2, -0.15) is 0 Å². The summed E-state index contributed by atoms with van der Waals surface area (Å²) in [5, 5.41) is 0. The minimum Gasteiger partial charge on any atom is -0.493 e. The number of rotatable bonds is 5. The second-order valence-corrected chi connectivity index (χ2v) is 2.77. The summed E-state index contributed by atoms with van der Waals surface area (Å²) < 4.78 is 23.7. The van der Waals surface area contributed by atoms with Gasteiger partial charge in [-0.05, 0) is 26.0 Å². The molecule has 1 rings (SSSR count). The SMILES string of the molecule is CCOc1ccc(OCC)c(C=O)c1F. The highest BCUT2D eigenvalue weighted by Gasteiger charge is 2.14. The zero-order chi connectivity index (χ0) is 11.3. The highest BCUT2D eigenvalue weighted by Crippen LogP contribution is 2.27. The van der Waals surface area contributed by atoms with Crippen molar-refractivity contribution in [3.8, 4) is 11.5 Å². The molecule has 0 heterocycles. The fourth-order valence-corrected chi connectivity index (χ4v) is 1.21. The predicted molar refractivity (Wildman–Crippen MR) is 54.1 cm³/mol. The van der Waals surface area contributed by atoms with Crippen LogP contribution < -0.4 is 9.47 Å². The van der Waals surface area contributed by atoms with Crippen LogP contribution in [0.15, 0.2) is 12.1 Å². The van der Waals surface area contributed by atoms with Gasteiger partial charge in [-0.1, -0.05) is 0 Å². The molecule has 0 saturated carbocycles. The van der Waals surface area contributed by atoms with Gasteiger partial charge in [0.15, 0.2) is 17.9 Å². The molecule has 0 unspecified atom stereocenters. The van der Waals surface area contributed by atoms with Crippen molar-refractivity contribution in [2.45, 2.75) is 13.8 Å². The van der Waals surface area contributed by atoms with Crippen LogP contribution in [0.25, 0.3) is 0 Å². The van der Waals surface area contributed by atoms with Crippen LogP contribution in [0.3, 0.4) is 0 Å². The van der Waals surface area contributed by atoms with Gasteiger partial charge >= 0.3 is 0 Å². The molecule has 0 N–H and O–H groups in total. The van der Waals surface area contributed by atoms with Crippen molar-refractivity contribution in [3.05, 3.63) is 23.5 Å². The molecule has 82 valence electrons. The minimum absolute atomic E-state index is 0.0723. The Labute approximate surface area is 87.8 Å². The van der Waals surface area contributed by atoms with Gasteiger partial charge in [-0.3, -0.25) is 4.79 Å². The summed E-state index contributed by atoms with van der Waals surface area (Å²) >= 11 is 0. The Morgan fingerprint density at radius 3 is 2.27 bits per heavy atom. The molecular formula is C11H13FO3. The lowest BCUT2D eigenvalue weighted by atomic mass is 10.2. The Balaban J connectivity index is 3.13. The first-order valence-electron chi connectivity index (χ1n) is 4.77. The van der Waals surface area contributed by atoms with Gasteiger partial charge in [0.2, 0.25) is 0 Å². The molecular weight excluding hydrogens is 199 g/mol. The normalized spacial score (nSPS) is 9.80. The Morgan fingerprint density at radius 1 is 1.20 bits per heavy atom. The summed E-state index contributed by atoms with van der Waals surface area (Å²) in [5.41, 5.74) is -0.0946. The van der Waals surface area contributed by atoms with Crippen molar-refractivity contribution >= 4 is 6.29 Å². The monoisotopic (exact) mass is 212 g/mol. The fraction of sp³-hybridized carbons (Fsp3) is 0.364. The molecule has 0 bridgehead atoms. The van der Waals surface area contributed by atoms with Crippen molar-refractivity contribution in [2.24, 2.45) is 0 Å². The lowest BCUT2D eigenvalue weighted by Crippen LogP contribution is -2.02. The van der Waals surface area contributed by atoms with Crippen molar-refractivity contribution in [3.63, 3.8) is 0 Å². The average Bonchev–Trinajstić information content (AvgIpc) is 2.23. The van der Waals surface area contributed by atoms with Crippen molar-refractivity contribution in [2.75, 3.05) is 13.2 Å². The Kier molecular flexibility index (Phi) is 4.09. The van der Waals surface area contributed by atoms with Crippen LogP contribution in [0.2, 0.25) is 0 Å². The third-order valence-electron chi connectivity index (χ3n) is 1.82. The molecule has 0 spiro atoms. The molecule has 0 amide bonds. The zero-order valence-electron chi connectivity index (χ0n) is 8.75. The van der Waals surface area contributed by atoms with E-state index in [1.165, 1.54) is 12.1 Å². The van der Waals surface area contributed by atoms with Crippen molar-refractivity contribution < 1.29 is 18.7 Å². The Bertz CT molecular complexity index is 350. The molecule has 0 aliphatic carbocycles. The molecule has 0 fully saturated rings. The number of ether oxygens (including phenoxy) is 2. The number of halogens is 1. The average molecular weight is 212 g/mol. The summed E-state index contributed by atoms with van der Waals surface area (Å²) in [6.07, 6.45) is 0.433. The second kappa shape index (κ2) is 5.34. The molecule has 0 radical (unpaired) electrons. The molecule has 0 aromatic heterocycles. The zero-order valence-corrected chi connectivity index (χ0v) is 8.75. The number of carbonyl (C=O) groups is 1. The third-order valence-corrected chi connectivity index (χ3v) is 1.82. The predicted octanol–water partition coefficient (Wildman–Crippen LogP) is 2.44. The molecule has 0 atom stereocenters. The maximum Gasteiger partial charge on any atom is 0.179 e. The van der Waals surface area contributed by atoms with E-state index in [0.29, 0.717) is 19.5 Å². The summed E-state index contributed by atoms with van der Waals surface area (Å²) in [7, 11) is 0. The van der Waals surface area contributed by atoms with E-state index >= 15 is 0 Å². The first-order valence-corrected chi connectivity index (χ1v) is 4.77. The van der Waals surface area contributed by atoms with Crippen LogP contribution in [0.1, 0.15) is 24.2 Å². The van der Waals surface area contributed by atoms with Crippen LogP contribution in [-0.2, 0) is 0 Å². The van der Waals surface area contributed by atoms with E-state index in [1.54, 1.807) is 13.8 Å². The standard InChI is InChI=1S/C11H13FO3/c1-3-14-9-5-6-10(15-4-2)11(12)8(9)7-13/h5-7H,3-4H2,1-2H3. The molecule has 0 aliphatic rings. The minimum atomic E-state index is -0.669. The van der Waals surface area contributed by atoms with E-state index in [1.807, 2.05) is 0 Å². The summed E-state index contributed by atoms with van der Waals surface area (Å²) in [6, 6.07) is 2.98. The molecule has 4 heteroatoms. The summed E-state index contributed by atoms with van der Waals surface area (Å²) in [4.78, 5) is 10.7. The molecule has 3 nitrogen and oxygen atoms in total. The lowest BCUT2D eigenvalue weighted by molar-refractivity contribution is 0.111. The van der Waals surface area contributed by atoms with E-state index < -0.39 is 5.82 Å². The smallest absolute Gasteiger partial charge is 0.179 e. The van der Waals surface area contributed by atoms with E-state index in [9.17, 15) is 9.18 Å². The number of benzene rings is 1. The van der Waals surface area contributed by atoms with Gasteiger partial charge in [0.1, 0.15) is 5.75 Å². The highest BCUT2D eigenvalue weighted by atomic mass is 19.1. The van der Waals surface area contributed by atoms with Crippen LogP contribution in [0.5, 0.6) is 11.5 Å².